The van der Waals surface area contributed by atoms with Crippen molar-refractivity contribution in [2.75, 3.05) is 6.61 Å². The van der Waals surface area contributed by atoms with Crippen molar-refractivity contribution in [3.8, 4) is 0 Å². The highest BCUT2D eigenvalue weighted by molar-refractivity contribution is 5.58. The number of aliphatic hydroxyl groups is 1. The van der Waals surface area contributed by atoms with Crippen LogP contribution in [-0.4, -0.2) is 52.5 Å². The van der Waals surface area contributed by atoms with E-state index in [9.17, 15) is 8.78 Å². The minimum Gasteiger partial charge on any atom is -0.394 e. The molecule has 8 nitrogen and oxygen atoms in total. The number of aliphatic hydroxyl groups excluding tert-OH is 1. The lowest BCUT2D eigenvalue weighted by atomic mass is 10.2. The summed E-state index contributed by atoms with van der Waals surface area (Å²) in [6.07, 6.45) is -1.08. The van der Waals surface area contributed by atoms with Gasteiger partial charge < -0.3 is 9.84 Å². The van der Waals surface area contributed by atoms with Crippen LogP contribution in [0.15, 0.2) is 27.2 Å². The predicted octanol–water partition coefficient (Wildman–Crippen LogP) is -0.203. The third kappa shape index (κ3) is 1.88. The van der Waals surface area contributed by atoms with Gasteiger partial charge in [0.2, 0.25) is 12.4 Å². The van der Waals surface area contributed by atoms with Gasteiger partial charge in [0.25, 0.3) is 5.92 Å². The highest BCUT2D eigenvalue weighted by Crippen LogP contribution is 2.41. The average Bonchev–Trinajstić information content (AvgIpc) is 2.90. The second-order valence-corrected chi connectivity index (χ2v) is 4.45. The topological polar surface area (TPSA) is 99.0 Å². The smallest absolute Gasteiger partial charge is 0.296 e. The first-order valence-electron chi connectivity index (χ1n) is 5.63. The number of aliphatic imine (C=N–C) groups is 1. The van der Waals surface area contributed by atoms with E-state index in [4.69, 9.17) is 15.7 Å². The van der Waals surface area contributed by atoms with E-state index in [0.29, 0.717) is 5.70 Å². The number of nitrogens with zero attached hydrogens (tertiary/aromatic N) is 5. The number of halogens is 2. The molecule has 19 heavy (non-hydrogen) atoms. The molecule has 3 heterocycles. The number of ether oxygens (including phenoxy) is 1. The van der Waals surface area contributed by atoms with Gasteiger partial charge in [-0.3, -0.25) is 5.01 Å². The molecule has 0 aromatic rings. The summed E-state index contributed by atoms with van der Waals surface area (Å²) in [6.45, 7) is -0.472. The summed E-state index contributed by atoms with van der Waals surface area (Å²) in [5.74, 6) is 2.46. The van der Waals surface area contributed by atoms with Crippen molar-refractivity contribution in [3.05, 3.63) is 11.9 Å². The maximum Gasteiger partial charge on any atom is 0.296 e. The van der Waals surface area contributed by atoms with Crippen molar-refractivity contribution in [3.63, 3.8) is 0 Å². The van der Waals surface area contributed by atoms with E-state index >= 15 is 0 Å². The lowest BCUT2D eigenvalue weighted by Crippen LogP contribution is -2.47. The minimum absolute atomic E-state index is 0.313. The van der Waals surface area contributed by atoms with Gasteiger partial charge in [-0.1, -0.05) is 5.22 Å². The summed E-state index contributed by atoms with van der Waals surface area (Å²) in [5, 5.41) is 18.5. The molecule has 3 aliphatic rings. The van der Waals surface area contributed by atoms with E-state index in [0.717, 1.165) is 10.0 Å². The molecule has 3 atom stereocenters. The van der Waals surface area contributed by atoms with Crippen molar-refractivity contribution in [1.82, 2.24) is 10.0 Å². The normalized spacial score (nSPS) is 35.8. The summed E-state index contributed by atoms with van der Waals surface area (Å²) in [7, 11) is 0. The van der Waals surface area contributed by atoms with Crippen LogP contribution in [0.5, 0.6) is 0 Å². The molecule has 104 valence electrons. The van der Waals surface area contributed by atoms with Gasteiger partial charge in [0, 0.05) is 6.42 Å². The van der Waals surface area contributed by atoms with Crippen LogP contribution in [0.1, 0.15) is 6.42 Å². The van der Waals surface area contributed by atoms with Crippen molar-refractivity contribution in [2.24, 2.45) is 21.2 Å². The summed E-state index contributed by atoms with van der Waals surface area (Å²) in [4.78, 5) is 3.81. The highest BCUT2D eigenvalue weighted by atomic mass is 19.3. The zero-order valence-electron chi connectivity index (χ0n) is 9.73. The number of fused-ring (bicyclic) bond motifs is 1. The van der Waals surface area contributed by atoms with Crippen LogP contribution in [0.25, 0.3) is 0 Å². The van der Waals surface area contributed by atoms with Crippen molar-refractivity contribution in [2.45, 2.75) is 30.8 Å². The van der Waals surface area contributed by atoms with Crippen molar-refractivity contribution in [1.29, 1.82) is 0 Å². The quantitative estimate of drug-likeness (QED) is 0.679. The van der Waals surface area contributed by atoms with Crippen LogP contribution >= 0.6 is 0 Å². The molecule has 10 heteroatoms. The second kappa shape index (κ2) is 4.18. The maximum absolute atomic E-state index is 13.9. The number of hydrazine groups is 1. The van der Waals surface area contributed by atoms with Crippen LogP contribution in [-0.2, 0) is 4.74 Å². The fourth-order valence-corrected chi connectivity index (χ4v) is 2.18. The van der Waals surface area contributed by atoms with E-state index in [2.05, 4.69) is 15.3 Å². The molecule has 1 unspecified atom stereocenters. The van der Waals surface area contributed by atoms with Crippen LogP contribution in [0.2, 0.25) is 0 Å². The molecule has 0 spiro atoms. The van der Waals surface area contributed by atoms with Crippen molar-refractivity contribution < 1.29 is 18.6 Å². The number of rotatable bonds is 2. The van der Waals surface area contributed by atoms with Gasteiger partial charge >= 0.3 is 0 Å². The first kappa shape index (κ1) is 12.4. The molecule has 1 saturated heterocycles. The Balaban J connectivity index is 1.86. The summed E-state index contributed by atoms with van der Waals surface area (Å²) in [5.41, 5.74) is 0.313. The van der Waals surface area contributed by atoms with E-state index < -0.39 is 37.4 Å². The summed E-state index contributed by atoms with van der Waals surface area (Å²) < 4.78 is 32.8. The Morgan fingerprint density at radius 2 is 2.37 bits per heavy atom. The summed E-state index contributed by atoms with van der Waals surface area (Å²) in [6, 6.07) is 0. The van der Waals surface area contributed by atoms with Gasteiger partial charge in [-0.2, -0.15) is 0 Å². The van der Waals surface area contributed by atoms with Gasteiger partial charge in [0.05, 0.1) is 18.9 Å². The molecular formula is C9H12F2N6O2. The monoisotopic (exact) mass is 274 g/mol. The van der Waals surface area contributed by atoms with Gasteiger partial charge in [0.15, 0.2) is 0 Å². The number of hydrogen-bond donors (Lipinski definition) is 2. The number of nitrogens with two attached hydrogens (primary N) is 1. The standard InChI is InChI=1S/C9H12F2N6O2/c10-9(11)1-5(3-18)19-8(9)17-6-2-13-4-16(12)7(6)14-15-17/h2,4-5,7-8,18H,1,3,12H2/t5-,7?,8-/m0/s1. The number of hydrogen-bond acceptors (Lipinski definition) is 8. The lowest BCUT2D eigenvalue weighted by molar-refractivity contribution is -0.143. The molecule has 0 aliphatic carbocycles. The zero-order chi connectivity index (χ0) is 13.6. The molecule has 0 saturated carbocycles. The fourth-order valence-electron chi connectivity index (χ4n) is 2.18. The van der Waals surface area contributed by atoms with Crippen LogP contribution in [0, 0.1) is 0 Å². The SMILES string of the molecule is NN1C=NC=C2C1N=NN2[C@H]1O[C@H](CO)CC1(F)F. The van der Waals surface area contributed by atoms with Crippen LogP contribution in [0.4, 0.5) is 8.78 Å². The summed E-state index contributed by atoms with van der Waals surface area (Å²) >= 11 is 0. The Kier molecular flexibility index (Phi) is 2.73. The third-order valence-corrected chi connectivity index (χ3v) is 3.08. The fraction of sp³-hybridized carbons (Fsp3) is 0.667. The first-order chi connectivity index (χ1) is 9.03. The molecular weight excluding hydrogens is 262 g/mol. The minimum atomic E-state index is -3.14. The third-order valence-electron chi connectivity index (χ3n) is 3.08. The van der Waals surface area contributed by atoms with E-state index in [1.54, 1.807) is 0 Å². The second-order valence-electron chi connectivity index (χ2n) is 4.45. The molecule has 3 aliphatic heterocycles. The molecule has 1 fully saturated rings. The van der Waals surface area contributed by atoms with Crippen LogP contribution < -0.4 is 5.84 Å². The molecule has 0 bridgehead atoms. The van der Waals surface area contributed by atoms with E-state index in [-0.39, 0.29) is 0 Å². The molecule has 0 radical (unpaired) electrons. The Morgan fingerprint density at radius 1 is 1.58 bits per heavy atom. The van der Waals surface area contributed by atoms with Gasteiger partial charge in [0.1, 0.15) is 12.0 Å². The molecule has 3 N–H and O–H groups in total. The van der Waals surface area contributed by atoms with Crippen LogP contribution in [0.3, 0.4) is 0 Å². The van der Waals surface area contributed by atoms with Gasteiger partial charge in [-0.05, 0) is 0 Å². The van der Waals surface area contributed by atoms with Crippen molar-refractivity contribution >= 4 is 6.34 Å². The maximum atomic E-state index is 13.9. The van der Waals surface area contributed by atoms with Gasteiger partial charge in [-0.25, -0.2) is 24.6 Å². The largest absolute Gasteiger partial charge is 0.394 e. The first-order valence-corrected chi connectivity index (χ1v) is 5.63. The highest BCUT2D eigenvalue weighted by Gasteiger charge is 2.55. The average molecular weight is 274 g/mol. The Labute approximate surface area is 106 Å². The molecule has 0 amide bonds. The van der Waals surface area contributed by atoms with Gasteiger partial charge in [-0.15, -0.1) is 5.11 Å². The van der Waals surface area contributed by atoms with E-state index in [1.807, 2.05) is 0 Å². The Bertz CT molecular complexity index is 468. The van der Waals surface area contributed by atoms with E-state index in [1.165, 1.54) is 12.5 Å². The lowest BCUT2D eigenvalue weighted by Gasteiger charge is -2.29. The Hall–Kier alpha value is -1.65. The molecule has 0 aromatic heterocycles. The predicted molar refractivity (Wildman–Crippen MR) is 58.4 cm³/mol. The molecule has 3 rings (SSSR count). The molecule has 0 aromatic carbocycles. The Morgan fingerprint density at radius 3 is 3.05 bits per heavy atom. The number of alkyl halides is 2. The zero-order valence-corrected chi connectivity index (χ0v) is 9.73.